The minimum Gasteiger partial charge on any atom is -0.377 e. The maximum Gasteiger partial charge on any atom is 0.0645 e. The lowest BCUT2D eigenvalue weighted by Crippen LogP contribution is -2.45. The first kappa shape index (κ1) is 12.1. The molecule has 2 rings (SSSR count). The molecule has 0 aromatic rings. The number of rotatable bonds is 4. The molecule has 92 valence electrons. The van der Waals surface area contributed by atoms with E-state index in [0.29, 0.717) is 23.6 Å². The van der Waals surface area contributed by atoms with Gasteiger partial charge in [0.25, 0.3) is 0 Å². The number of likely N-dealkylation sites (tertiary alicyclic amines) is 1. The second-order valence-electron chi connectivity index (χ2n) is 6.52. The molecule has 0 unspecified atom stereocenters. The van der Waals surface area contributed by atoms with Gasteiger partial charge in [-0.3, -0.25) is 4.90 Å². The van der Waals surface area contributed by atoms with Crippen molar-refractivity contribution in [1.82, 2.24) is 4.90 Å². The van der Waals surface area contributed by atoms with Crippen LogP contribution in [0.3, 0.4) is 0 Å². The maximum absolute atomic E-state index is 5.68. The van der Waals surface area contributed by atoms with Crippen molar-refractivity contribution in [2.75, 3.05) is 13.2 Å². The zero-order valence-corrected chi connectivity index (χ0v) is 11.1. The van der Waals surface area contributed by atoms with E-state index in [1.807, 2.05) is 6.08 Å². The third-order valence-electron chi connectivity index (χ3n) is 4.06. The SMILES string of the molecule is C=CCOC[C@@]12C[C@@H](C)N(C(C)(C)C)[C@@H]1C2. The number of hydrogen-bond acceptors (Lipinski definition) is 2. The van der Waals surface area contributed by atoms with Crippen LogP contribution in [0, 0.1) is 5.41 Å². The Morgan fingerprint density at radius 1 is 1.44 bits per heavy atom. The minimum atomic E-state index is 0.292. The molecule has 2 nitrogen and oxygen atoms in total. The van der Waals surface area contributed by atoms with E-state index in [9.17, 15) is 0 Å². The van der Waals surface area contributed by atoms with Crippen molar-refractivity contribution in [1.29, 1.82) is 0 Å². The normalized spacial score (nSPS) is 38.5. The molecule has 2 heteroatoms. The van der Waals surface area contributed by atoms with Gasteiger partial charge in [0, 0.05) is 23.0 Å². The maximum atomic E-state index is 5.68. The Hall–Kier alpha value is -0.340. The summed E-state index contributed by atoms with van der Waals surface area (Å²) < 4.78 is 5.68. The van der Waals surface area contributed by atoms with E-state index in [2.05, 4.69) is 39.2 Å². The summed E-state index contributed by atoms with van der Waals surface area (Å²) in [7, 11) is 0. The fourth-order valence-electron chi connectivity index (χ4n) is 3.62. The molecule has 0 spiro atoms. The summed E-state index contributed by atoms with van der Waals surface area (Å²) in [5.41, 5.74) is 0.760. The monoisotopic (exact) mass is 223 g/mol. The standard InChI is InChI=1S/C14H25NO/c1-6-7-16-10-14-8-11(2)15(12(14)9-14)13(3,4)5/h6,11-12H,1,7-10H2,2-5H3/t11-,12-,14+/m1/s1. The molecule has 1 aliphatic carbocycles. The predicted octanol–water partition coefficient (Wildman–Crippen LogP) is 2.84. The Morgan fingerprint density at radius 2 is 2.12 bits per heavy atom. The van der Waals surface area contributed by atoms with Gasteiger partial charge in [0.1, 0.15) is 0 Å². The third kappa shape index (κ3) is 1.93. The molecule has 1 aliphatic heterocycles. The van der Waals surface area contributed by atoms with E-state index in [4.69, 9.17) is 4.74 Å². The Bertz CT molecular complexity index is 281. The van der Waals surface area contributed by atoms with Crippen molar-refractivity contribution in [3.63, 3.8) is 0 Å². The fraction of sp³-hybridized carbons (Fsp3) is 0.857. The molecule has 1 heterocycles. The van der Waals surface area contributed by atoms with Crippen LogP contribution in [0.2, 0.25) is 0 Å². The van der Waals surface area contributed by atoms with E-state index < -0.39 is 0 Å². The minimum absolute atomic E-state index is 0.292. The van der Waals surface area contributed by atoms with E-state index in [0.717, 1.165) is 12.6 Å². The van der Waals surface area contributed by atoms with Gasteiger partial charge >= 0.3 is 0 Å². The third-order valence-corrected chi connectivity index (χ3v) is 4.06. The topological polar surface area (TPSA) is 12.5 Å². The predicted molar refractivity (Wildman–Crippen MR) is 67.5 cm³/mol. The van der Waals surface area contributed by atoms with Gasteiger partial charge in [-0.1, -0.05) is 6.08 Å². The summed E-state index contributed by atoms with van der Waals surface area (Å²) >= 11 is 0. The molecule has 1 saturated heterocycles. The first-order valence-corrected chi connectivity index (χ1v) is 6.38. The number of piperidine rings is 1. The van der Waals surface area contributed by atoms with Gasteiger partial charge < -0.3 is 4.74 Å². The molecule has 16 heavy (non-hydrogen) atoms. The molecule has 2 fully saturated rings. The van der Waals surface area contributed by atoms with E-state index in [1.54, 1.807) is 0 Å². The Labute approximate surface area is 99.7 Å². The highest BCUT2D eigenvalue weighted by Gasteiger charge is 2.65. The van der Waals surface area contributed by atoms with Gasteiger partial charge in [-0.2, -0.15) is 0 Å². The van der Waals surface area contributed by atoms with Gasteiger partial charge in [0.05, 0.1) is 13.2 Å². The Balaban J connectivity index is 1.97. The van der Waals surface area contributed by atoms with Crippen molar-refractivity contribution >= 4 is 0 Å². The lowest BCUT2D eigenvalue weighted by Gasteiger charge is -2.37. The van der Waals surface area contributed by atoms with E-state index in [-0.39, 0.29) is 0 Å². The van der Waals surface area contributed by atoms with Crippen molar-refractivity contribution in [3.8, 4) is 0 Å². The van der Waals surface area contributed by atoms with Crippen LogP contribution in [0.15, 0.2) is 12.7 Å². The second-order valence-corrected chi connectivity index (χ2v) is 6.52. The lowest BCUT2D eigenvalue weighted by atomic mass is 10.0. The zero-order valence-electron chi connectivity index (χ0n) is 11.1. The van der Waals surface area contributed by atoms with Crippen LogP contribution in [0.25, 0.3) is 0 Å². The molecule has 0 aromatic carbocycles. The van der Waals surface area contributed by atoms with Crippen LogP contribution in [0.1, 0.15) is 40.5 Å². The smallest absolute Gasteiger partial charge is 0.0645 e. The molecule has 1 saturated carbocycles. The van der Waals surface area contributed by atoms with Crippen LogP contribution in [-0.4, -0.2) is 35.7 Å². The van der Waals surface area contributed by atoms with Gasteiger partial charge in [0.15, 0.2) is 0 Å². The first-order valence-electron chi connectivity index (χ1n) is 6.38. The molecular weight excluding hydrogens is 198 g/mol. The van der Waals surface area contributed by atoms with Gasteiger partial charge in [-0.05, 0) is 40.5 Å². The molecule has 0 aromatic heterocycles. The summed E-state index contributed by atoms with van der Waals surface area (Å²) in [4.78, 5) is 2.68. The van der Waals surface area contributed by atoms with E-state index >= 15 is 0 Å². The summed E-state index contributed by atoms with van der Waals surface area (Å²) in [6.45, 7) is 14.6. The fourth-order valence-corrected chi connectivity index (χ4v) is 3.62. The van der Waals surface area contributed by atoms with E-state index in [1.165, 1.54) is 12.8 Å². The zero-order chi connectivity index (χ0) is 12.0. The van der Waals surface area contributed by atoms with Crippen LogP contribution < -0.4 is 0 Å². The number of ether oxygens (including phenoxy) is 1. The van der Waals surface area contributed by atoms with Crippen LogP contribution in [0.5, 0.6) is 0 Å². The lowest BCUT2D eigenvalue weighted by molar-refractivity contribution is 0.100. The van der Waals surface area contributed by atoms with Crippen molar-refractivity contribution in [2.24, 2.45) is 5.41 Å². The second kappa shape index (κ2) is 3.85. The molecule has 2 aliphatic rings. The molecular formula is C14H25NO. The highest BCUT2D eigenvalue weighted by molar-refractivity contribution is 5.18. The molecule has 3 atom stereocenters. The first-order chi connectivity index (χ1) is 7.41. The van der Waals surface area contributed by atoms with Crippen molar-refractivity contribution < 1.29 is 4.74 Å². The van der Waals surface area contributed by atoms with Crippen molar-refractivity contribution in [2.45, 2.75) is 58.2 Å². The molecule has 0 radical (unpaired) electrons. The average Bonchev–Trinajstić information content (AvgIpc) is 2.70. The Morgan fingerprint density at radius 3 is 2.62 bits per heavy atom. The number of hydrogen-bond donors (Lipinski definition) is 0. The molecule has 0 amide bonds. The summed E-state index contributed by atoms with van der Waals surface area (Å²) in [6, 6.07) is 1.46. The quantitative estimate of drug-likeness (QED) is 0.537. The summed E-state index contributed by atoms with van der Waals surface area (Å²) in [5.74, 6) is 0. The molecule has 0 bridgehead atoms. The molecule has 0 N–H and O–H groups in total. The van der Waals surface area contributed by atoms with Crippen molar-refractivity contribution in [3.05, 3.63) is 12.7 Å². The summed E-state index contributed by atoms with van der Waals surface area (Å²) in [6.07, 6.45) is 4.46. The van der Waals surface area contributed by atoms with Crippen LogP contribution in [0.4, 0.5) is 0 Å². The number of fused-ring (bicyclic) bond motifs is 1. The largest absolute Gasteiger partial charge is 0.377 e. The van der Waals surface area contributed by atoms with Crippen LogP contribution in [-0.2, 0) is 4.74 Å². The van der Waals surface area contributed by atoms with Gasteiger partial charge in [-0.25, -0.2) is 0 Å². The van der Waals surface area contributed by atoms with Gasteiger partial charge in [-0.15, -0.1) is 6.58 Å². The van der Waals surface area contributed by atoms with Gasteiger partial charge in [0.2, 0.25) is 0 Å². The average molecular weight is 223 g/mol. The summed E-state index contributed by atoms with van der Waals surface area (Å²) in [5, 5.41) is 0. The highest BCUT2D eigenvalue weighted by atomic mass is 16.5. The Kier molecular flexibility index (Phi) is 2.92. The van der Waals surface area contributed by atoms with Crippen LogP contribution >= 0.6 is 0 Å². The number of nitrogens with zero attached hydrogens (tertiary/aromatic N) is 1. The highest BCUT2D eigenvalue weighted by Crippen LogP contribution is 2.61.